The summed E-state index contributed by atoms with van der Waals surface area (Å²) in [5.74, 6) is 0.115. The van der Waals surface area contributed by atoms with Crippen LogP contribution >= 0.6 is 0 Å². The molecule has 8 nitrogen and oxygen atoms in total. The van der Waals surface area contributed by atoms with Crippen LogP contribution in [0.5, 0.6) is 11.8 Å². The fraction of sp³-hybridized carbons (Fsp3) is 0.154. The predicted octanol–water partition coefficient (Wildman–Crippen LogP) is 5.07. The number of ether oxygens (including phenoxy) is 1. The van der Waals surface area contributed by atoms with Gasteiger partial charge in [0.2, 0.25) is 0 Å². The van der Waals surface area contributed by atoms with E-state index in [1.54, 1.807) is 68.4 Å². The molecule has 0 spiro atoms. The zero-order valence-corrected chi connectivity index (χ0v) is 22.8. The Morgan fingerprint density at radius 3 is 2.17 bits per heavy atom. The van der Waals surface area contributed by atoms with Crippen molar-refractivity contribution in [1.29, 1.82) is 0 Å². The minimum absolute atomic E-state index is 0. The second-order valence-electron chi connectivity index (χ2n) is 7.34. The number of carbonyl (C=O) groups excluding carboxylic acids is 2. The van der Waals surface area contributed by atoms with Gasteiger partial charge in [-0.05, 0) is 61.9 Å². The van der Waals surface area contributed by atoms with Gasteiger partial charge in [0.05, 0.1) is 17.3 Å². The normalized spacial score (nSPS) is 10.1. The second kappa shape index (κ2) is 12.0. The first kappa shape index (κ1) is 28.0. The van der Waals surface area contributed by atoms with Crippen molar-refractivity contribution in [2.45, 2.75) is 20.8 Å². The molecule has 4 rings (SSSR count). The number of hydrogen-bond acceptors (Lipinski definition) is 6. The summed E-state index contributed by atoms with van der Waals surface area (Å²) in [6.45, 7) is 5.49. The van der Waals surface area contributed by atoms with Crippen LogP contribution in [0.2, 0.25) is 0 Å². The largest absolute Gasteiger partial charge is 0.649 e. The maximum Gasteiger partial charge on any atom is 0.324 e. The molecule has 2 aromatic carbocycles. The average molecular weight is 545 g/mol. The van der Waals surface area contributed by atoms with E-state index in [1.807, 2.05) is 0 Å². The van der Waals surface area contributed by atoms with Gasteiger partial charge in [0.1, 0.15) is 5.75 Å². The molecule has 0 aliphatic carbocycles. The molecule has 2 aromatic heterocycles. The first-order valence-corrected chi connectivity index (χ1v) is 10.4. The van der Waals surface area contributed by atoms with E-state index in [4.69, 9.17) is 4.74 Å². The summed E-state index contributed by atoms with van der Waals surface area (Å²) in [6, 6.07) is 16.5. The van der Waals surface area contributed by atoms with E-state index in [0.29, 0.717) is 45.8 Å². The summed E-state index contributed by atoms with van der Waals surface area (Å²) in [6.07, 6.45) is 0. The monoisotopic (exact) mass is 545 g/mol. The standard InChI is InChI=1S/C25H22N4O4.CH3.Y/c1-4-26-24(32)18-5-9-19(10-6-18)29-22(31)14-13-21-15(2)27-25(28-23(21)29)33-20-11-7-17(8-12-20)16(3)30;;/h5-14H,4H2,1-3H3,(H,26,32);1H3;/q;-1;/p-1. The van der Waals surface area contributed by atoms with Gasteiger partial charge in [-0.25, -0.2) is 0 Å². The maximum atomic E-state index is 12.8. The van der Waals surface area contributed by atoms with Crippen molar-refractivity contribution < 1.29 is 47.0 Å². The van der Waals surface area contributed by atoms with Crippen molar-refractivity contribution in [2.75, 3.05) is 6.54 Å². The Morgan fingerprint density at radius 1 is 0.943 bits per heavy atom. The van der Waals surface area contributed by atoms with Crippen molar-refractivity contribution in [3.05, 3.63) is 101 Å². The smallest absolute Gasteiger partial charge is 0.324 e. The molecule has 1 amide bonds. The molecule has 9 heteroatoms. The number of Topliss-reactive ketones (excluding diaryl/α,β-unsaturated/α-hetero) is 1. The fourth-order valence-electron chi connectivity index (χ4n) is 3.39. The van der Waals surface area contributed by atoms with E-state index < -0.39 is 0 Å². The Kier molecular flexibility index (Phi) is 9.57. The number of pyridine rings is 1. The molecule has 0 aliphatic heterocycles. The van der Waals surface area contributed by atoms with Crippen LogP contribution in [0.25, 0.3) is 22.0 Å². The number of rotatable bonds is 6. The van der Waals surface area contributed by atoms with Crippen LogP contribution in [0.15, 0.2) is 65.5 Å². The number of aryl methyl sites for hydroxylation is 1. The van der Waals surface area contributed by atoms with Crippen molar-refractivity contribution >= 4 is 22.7 Å². The van der Waals surface area contributed by atoms with Crippen molar-refractivity contribution in [3.8, 4) is 17.4 Å². The van der Waals surface area contributed by atoms with Gasteiger partial charge in [0.15, 0.2) is 11.4 Å². The molecule has 0 aliphatic rings. The van der Waals surface area contributed by atoms with Gasteiger partial charge in [-0.15, -0.1) is 6.54 Å². The SMILES string of the molecule is CC[N-]C(=O)c1ccc(-n2c(=O)ccc3c(C)nc(Oc4ccc(C(C)=O)cc4)nc32)cc1.[CH3-].[Y]. The Labute approximate surface area is 228 Å². The van der Waals surface area contributed by atoms with E-state index in [9.17, 15) is 14.4 Å². The van der Waals surface area contributed by atoms with E-state index in [1.165, 1.54) is 17.6 Å². The van der Waals surface area contributed by atoms with Gasteiger partial charge in [0.25, 0.3) is 5.56 Å². The van der Waals surface area contributed by atoms with Crippen LogP contribution in [0.4, 0.5) is 0 Å². The predicted molar refractivity (Wildman–Crippen MR) is 131 cm³/mol. The molecule has 0 fully saturated rings. The van der Waals surface area contributed by atoms with Gasteiger partial charge in [-0.3, -0.25) is 14.2 Å². The Bertz CT molecular complexity index is 1410. The Balaban J connectivity index is 0.00000216. The van der Waals surface area contributed by atoms with Crippen LogP contribution in [0.3, 0.4) is 0 Å². The molecule has 4 aromatic rings. The van der Waals surface area contributed by atoms with Crippen molar-refractivity contribution in [2.24, 2.45) is 0 Å². The van der Waals surface area contributed by atoms with E-state index in [2.05, 4.69) is 15.3 Å². The number of benzene rings is 2. The molecule has 0 bridgehead atoms. The zero-order chi connectivity index (χ0) is 23.5. The molecule has 177 valence electrons. The molecule has 0 saturated heterocycles. The Morgan fingerprint density at radius 2 is 1.57 bits per heavy atom. The van der Waals surface area contributed by atoms with E-state index >= 15 is 0 Å². The number of carbonyl (C=O) groups is 2. The summed E-state index contributed by atoms with van der Waals surface area (Å²) in [7, 11) is 0. The number of nitrogens with zero attached hydrogens (tertiary/aromatic N) is 4. The number of hydrogen-bond donors (Lipinski definition) is 0. The summed E-state index contributed by atoms with van der Waals surface area (Å²) in [4.78, 5) is 45.2. The summed E-state index contributed by atoms with van der Waals surface area (Å²) < 4.78 is 7.25. The Hall–Kier alpha value is -3.23. The van der Waals surface area contributed by atoms with Crippen molar-refractivity contribution in [1.82, 2.24) is 14.5 Å². The third kappa shape index (κ3) is 6.07. The van der Waals surface area contributed by atoms with Gasteiger partial charge in [0, 0.05) is 49.7 Å². The van der Waals surface area contributed by atoms with Crippen LogP contribution in [-0.4, -0.2) is 32.8 Å². The first-order chi connectivity index (χ1) is 15.9. The first-order valence-electron chi connectivity index (χ1n) is 10.4. The fourth-order valence-corrected chi connectivity index (χ4v) is 3.39. The van der Waals surface area contributed by atoms with E-state index in [0.717, 1.165) is 0 Å². The third-order valence-corrected chi connectivity index (χ3v) is 5.06. The quantitative estimate of drug-likeness (QED) is 0.248. The molecular weight excluding hydrogens is 521 g/mol. The topological polar surface area (TPSA) is 105 Å². The van der Waals surface area contributed by atoms with Crippen LogP contribution in [-0.2, 0) is 32.7 Å². The van der Waals surface area contributed by atoms with Crippen LogP contribution in [0, 0.1) is 14.4 Å². The van der Waals surface area contributed by atoms with E-state index in [-0.39, 0.29) is 63.4 Å². The molecule has 0 N–H and O–H groups in total. The van der Waals surface area contributed by atoms with Crippen molar-refractivity contribution in [3.63, 3.8) is 0 Å². The van der Waals surface area contributed by atoms with Gasteiger partial charge < -0.3 is 22.3 Å². The molecule has 1 radical (unpaired) electrons. The summed E-state index contributed by atoms with van der Waals surface area (Å²) in [5, 5.41) is 4.57. The molecular formula is C26H24N4O4Y-2. The number of fused-ring (bicyclic) bond motifs is 1. The molecule has 35 heavy (non-hydrogen) atoms. The number of aromatic nitrogens is 3. The number of ketones is 1. The molecule has 0 atom stereocenters. The van der Waals surface area contributed by atoms with Crippen LogP contribution < -0.4 is 10.3 Å². The maximum absolute atomic E-state index is 12.8. The van der Waals surface area contributed by atoms with Gasteiger partial charge in [-0.1, -0.05) is 19.1 Å². The minimum Gasteiger partial charge on any atom is -0.649 e. The van der Waals surface area contributed by atoms with Crippen LogP contribution in [0.1, 0.15) is 40.3 Å². The number of amides is 1. The molecule has 0 saturated carbocycles. The minimum atomic E-state index is -0.307. The zero-order valence-electron chi connectivity index (χ0n) is 20.0. The van der Waals surface area contributed by atoms with Gasteiger partial charge >= 0.3 is 6.01 Å². The third-order valence-electron chi connectivity index (χ3n) is 5.06. The summed E-state index contributed by atoms with van der Waals surface area (Å²) in [5.41, 5.74) is 2.29. The summed E-state index contributed by atoms with van der Waals surface area (Å²) >= 11 is 0. The van der Waals surface area contributed by atoms with Gasteiger partial charge in [-0.2, -0.15) is 9.97 Å². The molecule has 0 unspecified atom stereocenters. The average Bonchev–Trinajstić information content (AvgIpc) is 2.79. The second-order valence-corrected chi connectivity index (χ2v) is 7.34. The molecule has 2 heterocycles.